The van der Waals surface area contributed by atoms with Gasteiger partial charge in [0.05, 0.1) is 11.6 Å². The maximum Gasteiger partial charge on any atom is 0.254 e. The van der Waals surface area contributed by atoms with E-state index in [1.165, 1.54) is 6.42 Å². The van der Waals surface area contributed by atoms with Crippen molar-refractivity contribution in [3.05, 3.63) is 28.2 Å². The molecule has 4 heteroatoms. The fraction of sp³-hybridized carbons (Fsp3) is 0.462. The zero-order valence-electron chi connectivity index (χ0n) is 9.65. The third kappa shape index (κ3) is 1.95. The number of likely N-dealkylation sites (tertiary alicyclic amines) is 1. The molecule has 1 aliphatic carbocycles. The summed E-state index contributed by atoms with van der Waals surface area (Å²) in [6, 6.07) is 5.51. The number of hydrogen-bond acceptors (Lipinski definition) is 2. The first kappa shape index (κ1) is 11.1. The Balaban J connectivity index is 1.81. The van der Waals surface area contributed by atoms with Gasteiger partial charge in [0.2, 0.25) is 0 Å². The van der Waals surface area contributed by atoms with Crippen molar-refractivity contribution in [2.75, 3.05) is 20.2 Å². The quantitative estimate of drug-likeness (QED) is 0.839. The van der Waals surface area contributed by atoms with Gasteiger partial charge in [0.25, 0.3) is 5.91 Å². The van der Waals surface area contributed by atoms with Gasteiger partial charge < -0.3 is 9.64 Å². The highest BCUT2D eigenvalue weighted by Gasteiger charge is 2.46. The Hall–Kier alpha value is -1.03. The maximum absolute atomic E-state index is 12.2. The lowest BCUT2D eigenvalue weighted by Gasteiger charge is -2.18. The number of halogens is 1. The summed E-state index contributed by atoms with van der Waals surface area (Å²) in [5.41, 5.74) is 0.714. The number of amides is 1. The molecule has 2 fully saturated rings. The SMILES string of the molecule is COc1cc(C(=O)N2CC3CC3C2)ccc1Br. The van der Waals surface area contributed by atoms with Crippen LogP contribution in [0.5, 0.6) is 5.75 Å². The molecule has 2 aliphatic rings. The van der Waals surface area contributed by atoms with Gasteiger partial charge in [-0.1, -0.05) is 0 Å². The lowest BCUT2D eigenvalue weighted by Crippen LogP contribution is -2.30. The molecule has 0 spiro atoms. The van der Waals surface area contributed by atoms with E-state index in [0.29, 0.717) is 11.3 Å². The smallest absolute Gasteiger partial charge is 0.254 e. The molecule has 2 unspecified atom stereocenters. The fourth-order valence-electron chi connectivity index (χ4n) is 2.54. The topological polar surface area (TPSA) is 29.5 Å². The van der Waals surface area contributed by atoms with Gasteiger partial charge in [0.15, 0.2) is 0 Å². The highest BCUT2D eigenvalue weighted by atomic mass is 79.9. The molecule has 1 aromatic carbocycles. The van der Waals surface area contributed by atoms with Crippen LogP contribution in [0.2, 0.25) is 0 Å². The summed E-state index contributed by atoms with van der Waals surface area (Å²) in [6.45, 7) is 1.86. The van der Waals surface area contributed by atoms with E-state index in [4.69, 9.17) is 4.74 Å². The first-order chi connectivity index (χ1) is 8.19. The van der Waals surface area contributed by atoms with E-state index in [1.807, 2.05) is 17.0 Å². The number of nitrogens with zero attached hydrogens (tertiary/aromatic N) is 1. The molecule has 1 aliphatic heterocycles. The van der Waals surface area contributed by atoms with Crippen LogP contribution in [0, 0.1) is 11.8 Å². The number of piperidine rings is 1. The Morgan fingerprint density at radius 2 is 2.12 bits per heavy atom. The van der Waals surface area contributed by atoms with E-state index in [1.54, 1.807) is 13.2 Å². The molecule has 17 heavy (non-hydrogen) atoms. The molecule has 90 valence electrons. The van der Waals surface area contributed by atoms with E-state index in [-0.39, 0.29) is 5.91 Å². The number of carbonyl (C=O) groups is 1. The van der Waals surface area contributed by atoms with Crippen molar-refractivity contribution in [1.82, 2.24) is 4.90 Å². The van der Waals surface area contributed by atoms with Crippen LogP contribution in [0.15, 0.2) is 22.7 Å². The van der Waals surface area contributed by atoms with Crippen molar-refractivity contribution >= 4 is 21.8 Å². The molecule has 1 saturated carbocycles. The molecule has 1 amide bonds. The van der Waals surface area contributed by atoms with E-state index >= 15 is 0 Å². The number of carbonyl (C=O) groups excluding carboxylic acids is 1. The molecule has 3 nitrogen and oxygen atoms in total. The summed E-state index contributed by atoms with van der Waals surface area (Å²) in [5.74, 6) is 2.38. The van der Waals surface area contributed by atoms with Crippen LogP contribution in [0.1, 0.15) is 16.8 Å². The fourth-order valence-corrected chi connectivity index (χ4v) is 2.95. The predicted molar refractivity (Wildman–Crippen MR) is 68.2 cm³/mol. The van der Waals surface area contributed by atoms with E-state index in [0.717, 1.165) is 29.4 Å². The van der Waals surface area contributed by atoms with E-state index in [9.17, 15) is 4.79 Å². The Kier molecular flexibility index (Phi) is 2.62. The molecule has 0 bridgehead atoms. The predicted octanol–water partition coefficient (Wildman–Crippen LogP) is 2.55. The molecule has 1 saturated heterocycles. The lowest BCUT2D eigenvalue weighted by molar-refractivity contribution is 0.0775. The second-order valence-electron chi connectivity index (χ2n) is 4.82. The second kappa shape index (κ2) is 4.02. The van der Waals surface area contributed by atoms with Crippen LogP contribution >= 0.6 is 15.9 Å². The Labute approximate surface area is 109 Å². The minimum atomic E-state index is 0.128. The van der Waals surface area contributed by atoms with Gasteiger partial charge in [-0.2, -0.15) is 0 Å². The molecule has 0 N–H and O–H groups in total. The highest BCUT2D eigenvalue weighted by Crippen LogP contribution is 2.45. The average molecular weight is 296 g/mol. The normalized spacial score (nSPS) is 25.6. The van der Waals surface area contributed by atoms with Gasteiger partial charge in [-0.25, -0.2) is 0 Å². The molecule has 1 aromatic rings. The second-order valence-corrected chi connectivity index (χ2v) is 5.67. The summed E-state index contributed by atoms with van der Waals surface area (Å²) < 4.78 is 6.09. The number of hydrogen-bond donors (Lipinski definition) is 0. The lowest BCUT2D eigenvalue weighted by atomic mass is 10.2. The van der Waals surface area contributed by atoms with Crippen LogP contribution in [-0.2, 0) is 0 Å². The van der Waals surface area contributed by atoms with Crippen molar-refractivity contribution in [3.8, 4) is 5.75 Å². The van der Waals surface area contributed by atoms with E-state index in [2.05, 4.69) is 15.9 Å². The summed E-state index contributed by atoms with van der Waals surface area (Å²) >= 11 is 3.39. The first-order valence-corrected chi connectivity index (χ1v) is 6.61. The third-order valence-corrected chi connectivity index (χ3v) is 4.32. The van der Waals surface area contributed by atoms with Crippen molar-refractivity contribution in [3.63, 3.8) is 0 Å². The van der Waals surface area contributed by atoms with Crippen LogP contribution < -0.4 is 4.74 Å². The highest BCUT2D eigenvalue weighted by molar-refractivity contribution is 9.10. The van der Waals surface area contributed by atoms with Crippen molar-refractivity contribution in [1.29, 1.82) is 0 Å². The van der Waals surface area contributed by atoms with Crippen LogP contribution in [0.25, 0.3) is 0 Å². The van der Waals surface area contributed by atoms with Crippen molar-refractivity contribution in [2.24, 2.45) is 11.8 Å². The Morgan fingerprint density at radius 1 is 1.41 bits per heavy atom. The minimum absolute atomic E-state index is 0.128. The van der Waals surface area contributed by atoms with Gasteiger partial charge in [0.1, 0.15) is 5.75 Å². The van der Waals surface area contributed by atoms with Crippen LogP contribution in [0.4, 0.5) is 0 Å². The Morgan fingerprint density at radius 3 is 2.76 bits per heavy atom. The average Bonchev–Trinajstić information content (AvgIpc) is 2.96. The molecule has 0 aromatic heterocycles. The molecule has 1 heterocycles. The zero-order chi connectivity index (χ0) is 12.0. The summed E-state index contributed by atoms with van der Waals surface area (Å²) in [4.78, 5) is 14.2. The molecule has 0 radical (unpaired) electrons. The summed E-state index contributed by atoms with van der Waals surface area (Å²) in [6.07, 6.45) is 1.31. The third-order valence-electron chi connectivity index (χ3n) is 3.66. The minimum Gasteiger partial charge on any atom is -0.496 e. The number of methoxy groups -OCH3 is 1. The van der Waals surface area contributed by atoms with E-state index < -0.39 is 0 Å². The Bertz CT molecular complexity index is 464. The molecule has 2 atom stereocenters. The summed E-state index contributed by atoms with van der Waals surface area (Å²) in [7, 11) is 1.61. The molecular weight excluding hydrogens is 282 g/mol. The summed E-state index contributed by atoms with van der Waals surface area (Å²) in [5, 5.41) is 0. The van der Waals surface area contributed by atoms with Crippen LogP contribution in [-0.4, -0.2) is 31.0 Å². The van der Waals surface area contributed by atoms with Crippen molar-refractivity contribution in [2.45, 2.75) is 6.42 Å². The zero-order valence-corrected chi connectivity index (χ0v) is 11.2. The van der Waals surface area contributed by atoms with Crippen LogP contribution in [0.3, 0.4) is 0 Å². The number of fused-ring (bicyclic) bond motifs is 1. The molecular formula is C13H14BrNO2. The number of benzene rings is 1. The largest absolute Gasteiger partial charge is 0.496 e. The first-order valence-electron chi connectivity index (χ1n) is 5.82. The van der Waals surface area contributed by atoms with Gasteiger partial charge in [-0.05, 0) is 52.4 Å². The maximum atomic E-state index is 12.2. The van der Waals surface area contributed by atoms with Gasteiger partial charge in [-0.3, -0.25) is 4.79 Å². The molecule has 3 rings (SSSR count). The number of ether oxygens (including phenoxy) is 1. The van der Waals surface area contributed by atoms with Gasteiger partial charge in [0, 0.05) is 18.7 Å². The number of rotatable bonds is 2. The monoisotopic (exact) mass is 295 g/mol. The van der Waals surface area contributed by atoms with Crippen molar-refractivity contribution < 1.29 is 9.53 Å². The van der Waals surface area contributed by atoms with Gasteiger partial charge in [-0.15, -0.1) is 0 Å². The van der Waals surface area contributed by atoms with Gasteiger partial charge >= 0.3 is 0 Å². The standard InChI is InChI=1S/C13H14BrNO2/c1-17-12-5-8(2-3-11(12)14)13(16)15-6-9-4-10(9)7-15/h2-3,5,9-10H,4,6-7H2,1H3.